The van der Waals surface area contributed by atoms with Crippen molar-refractivity contribution >= 4 is 21.5 Å². The summed E-state index contributed by atoms with van der Waals surface area (Å²) < 4.78 is 10.0. The van der Waals surface area contributed by atoms with Crippen LogP contribution in [0.4, 0.5) is 4.79 Å². The number of aliphatic hydroxyl groups is 1. The Morgan fingerprint density at radius 1 is 1.42 bits per heavy atom. The van der Waals surface area contributed by atoms with Crippen molar-refractivity contribution in [2.75, 3.05) is 6.54 Å². The number of aromatic nitrogens is 1. The van der Waals surface area contributed by atoms with Crippen LogP contribution < -0.4 is 0 Å². The van der Waals surface area contributed by atoms with Gasteiger partial charge in [-0.15, -0.1) is 0 Å². The van der Waals surface area contributed by atoms with Crippen molar-refractivity contribution in [1.29, 1.82) is 0 Å². The average molecular weight is 354 g/mol. The maximum absolute atomic E-state index is 12.4. The Morgan fingerprint density at radius 3 is 2.58 bits per heavy atom. The van der Waals surface area contributed by atoms with Gasteiger partial charge in [-0.2, -0.15) is 0 Å². The molecule has 1 aromatic rings. The topological polar surface area (TPSA) is 89.0 Å². The number of carbonyl (C=O) groups excluding carboxylic acids is 2. The molecule has 0 bridgehead atoms. The van der Waals surface area contributed by atoms with Gasteiger partial charge in [-0.3, -0.25) is 9.88 Å². The number of ether oxygens (including phenoxy) is 1. The van der Waals surface area contributed by atoms with Crippen LogP contribution in [0.5, 0.6) is 0 Å². The van der Waals surface area contributed by atoms with Crippen LogP contribution in [0, 0.1) is 6.92 Å². The van der Waals surface area contributed by atoms with Crippen LogP contribution in [-0.4, -0.2) is 45.2 Å². The van der Waals surface area contributed by atoms with E-state index in [0.29, 0.717) is 5.69 Å². The molecular formula is C16H23N2O5P. The number of aryl methyl sites for hydroxylation is 1. The molecular weight excluding hydrogens is 331 g/mol. The van der Waals surface area contributed by atoms with Crippen LogP contribution >= 0.6 is 9.47 Å². The lowest BCUT2D eigenvalue weighted by atomic mass is 9.95. The third-order valence-electron chi connectivity index (χ3n) is 3.74. The number of likely N-dealkylation sites (tertiary alicyclic amines) is 1. The summed E-state index contributed by atoms with van der Waals surface area (Å²) in [6, 6.07) is 2.57. The molecule has 1 aromatic heterocycles. The lowest BCUT2D eigenvalue weighted by molar-refractivity contribution is -0.138. The molecule has 24 heavy (non-hydrogen) atoms. The van der Waals surface area contributed by atoms with Gasteiger partial charge in [-0.25, -0.2) is 9.59 Å². The van der Waals surface area contributed by atoms with Crippen LogP contribution in [0.15, 0.2) is 18.3 Å². The van der Waals surface area contributed by atoms with E-state index < -0.39 is 29.3 Å². The van der Waals surface area contributed by atoms with E-state index in [1.54, 1.807) is 33.0 Å². The van der Waals surface area contributed by atoms with Gasteiger partial charge in [0.1, 0.15) is 17.2 Å². The molecule has 0 aliphatic carbocycles. The molecule has 3 atom stereocenters. The highest BCUT2D eigenvalue weighted by molar-refractivity contribution is 7.10. The molecule has 132 valence electrons. The summed E-state index contributed by atoms with van der Waals surface area (Å²) in [5.41, 5.74) is -0.797. The molecule has 1 aliphatic heterocycles. The first-order chi connectivity index (χ1) is 11.1. The Bertz CT molecular complexity index is 628. The molecule has 2 unspecified atom stereocenters. The van der Waals surface area contributed by atoms with Gasteiger partial charge < -0.3 is 14.4 Å². The van der Waals surface area contributed by atoms with Gasteiger partial charge in [-0.1, -0.05) is 6.07 Å². The second-order valence-electron chi connectivity index (χ2n) is 7.02. The standard InChI is InChI=1S/C16H23N2O5P/c1-10-5-6-12(17-8-10)16(21)7-11(13(19)23-24)18(9-16)14(20)22-15(2,3)4/h5-6,8,11,21H,7,9,24H2,1-4H3/t11?,16-/m0/s1. The number of nitrogens with zero attached hydrogens (tertiary/aromatic N) is 2. The van der Waals surface area contributed by atoms with E-state index in [1.807, 2.05) is 22.5 Å². The van der Waals surface area contributed by atoms with Crippen molar-refractivity contribution < 1.29 is 24.0 Å². The second kappa shape index (κ2) is 6.65. The molecule has 1 fully saturated rings. The number of carbonyl (C=O) groups is 2. The Morgan fingerprint density at radius 2 is 2.08 bits per heavy atom. The number of rotatable bonds is 2. The summed E-state index contributed by atoms with van der Waals surface area (Å²) in [7, 11) is 1.87. The molecule has 1 saturated heterocycles. The van der Waals surface area contributed by atoms with Gasteiger partial charge in [-0.05, 0) is 39.3 Å². The van der Waals surface area contributed by atoms with E-state index in [2.05, 4.69) is 9.51 Å². The normalized spacial score (nSPS) is 23.9. The lowest BCUT2D eigenvalue weighted by Gasteiger charge is -2.27. The average Bonchev–Trinajstić information content (AvgIpc) is 2.85. The zero-order chi connectivity index (χ0) is 18.1. The van der Waals surface area contributed by atoms with Crippen molar-refractivity contribution in [2.24, 2.45) is 0 Å². The highest BCUT2D eigenvalue weighted by Crippen LogP contribution is 2.36. The zero-order valence-corrected chi connectivity index (χ0v) is 15.4. The van der Waals surface area contributed by atoms with Crippen LogP contribution in [0.2, 0.25) is 0 Å². The fraction of sp³-hybridized carbons (Fsp3) is 0.562. The van der Waals surface area contributed by atoms with E-state index in [4.69, 9.17) is 4.74 Å². The fourth-order valence-corrected chi connectivity index (χ4v) is 2.77. The van der Waals surface area contributed by atoms with Crippen LogP contribution in [0.1, 0.15) is 38.4 Å². The monoisotopic (exact) mass is 354 g/mol. The van der Waals surface area contributed by atoms with E-state index in [1.165, 1.54) is 4.90 Å². The molecule has 8 heteroatoms. The third-order valence-corrected chi connectivity index (χ3v) is 3.98. The minimum Gasteiger partial charge on any atom is -0.450 e. The summed E-state index contributed by atoms with van der Waals surface area (Å²) in [5, 5.41) is 11.0. The van der Waals surface area contributed by atoms with Crippen molar-refractivity contribution in [3.8, 4) is 0 Å². The predicted octanol–water partition coefficient (Wildman–Crippen LogP) is 1.92. The maximum atomic E-state index is 12.4. The highest BCUT2D eigenvalue weighted by Gasteiger charge is 2.51. The van der Waals surface area contributed by atoms with Crippen LogP contribution in [0.25, 0.3) is 0 Å². The molecule has 0 aromatic carbocycles. The van der Waals surface area contributed by atoms with Gasteiger partial charge in [0.15, 0.2) is 0 Å². The maximum Gasteiger partial charge on any atom is 0.411 e. The molecule has 1 amide bonds. The second-order valence-corrected chi connectivity index (χ2v) is 7.25. The summed E-state index contributed by atoms with van der Waals surface area (Å²) >= 11 is 0. The Kier molecular flexibility index (Phi) is 5.16. The quantitative estimate of drug-likeness (QED) is 0.817. The van der Waals surface area contributed by atoms with Crippen LogP contribution in [0.3, 0.4) is 0 Å². The lowest BCUT2D eigenvalue weighted by Crippen LogP contribution is -2.44. The number of amides is 1. The van der Waals surface area contributed by atoms with Gasteiger partial charge in [0.25, 0.3) is 0 Å². The molecule has 0 saturated carbocycles. The Labute approximate surface area is 143 Å². The van der Waals surface area contributed by atoms with Crippen molar-refractivity contribution in [1.82, 2.24) is 9.88 Å². The molecule has 1 N–H and O–H groups in total. The number of hydrogen-bond acceptors (Lipinski definition) is 6. The van der Waals surface area contributed by atoms with Gasteiger partial charge >= 0.3 is 12.1 Å². The van der Waals surface area contributed by atoms with Gasteiger partial charge in [0, 0.05) is 12.6 Å². The Hall–Kier alpha value is -1.72. The molecule has 1 aliphatic rings. The molecule has 0 radical (unpaired) electrons. The SMILES string of the molecule is Cc1ccc([C@]2(O)CC(C(=O)OP)N(C(=O)OC(C)(C)C)C2)nc1. The molecule has 2 heterocycles. The van der Waals surface area contributed by atoms with E-state index in [9.17, 15) is 14.7 Å². The van der Waals surface area contributed by atoms with Crippen LogP contribution in [-0.2, 0) is 19.7 Å². The smallest absolute Gasteiger partial charge is 0.411 e. The van der Waals surface area contributed by atoms with E-state index in [-0.39, 0.29) is 13.0 Å². The minimum atomic E-state index is -1.44. The summed E-state index contributed by atoms with van der Waals surface area (Å²) in [4.78, 5) is 29.9. The first-order valence-corrected chi connectivity index (χ1v) is 8.08. The molecule has 2 rings (SSSR count). The number of pyridine rings is 1. The summed E-state index contributed by atoms with van der Waals surface area (Å²) in [6.07, 6.45) is 0.952. The van der Waals surface area contributed by atoms with Crippen molar-refractivity contribution in [3.05, 3.63) is 29.6 Å². The highest BCUT2D eigenvalue weighted by atomic mass is 31.0. The van der Waals surface area contributed by atoms with Gasteiger partial charge in [0.05, 0.1) is 21.7 Å². The Balaban J connectivity index is 2.30. The largest absolute Gasteiger partial charge is 0.450 e. The zero-order valence-electron chi connectivity index (χ0n) is 14.3. The fourth-order valence-electron chi connectivity index (χ4n) is 2.62. The number of hydrogen-bond donors (Lipinski definition) is 1. The minimum absolute atomic E-state index is 0.00443. The predicted molar refractivity (Wildman–Crippen MR) is 90.0 cm³/mol. The first-order valence-electron chi connectivity index (χ1n) is 7.61. The van der Waals surface area contributed by atoms with Gasteiger partial charge in [0.2, 0.25) is 0 Å². The van der Waals surface area contributed by atoms with Crippen molar-refractivity contribution in [2.45, 2.75) is 51.4 Å². The molecule has 7 nitrogen and oxygen atoms in total. The van der Waals surface area contributed by atoms with E-state index >= 15 is 0 Å². The molecule has 0 spiro atoms. The van der Waals surface area contributed by atoms with E-state index in [0.717, 1.165) is 5.56 Å². The van der Waals surface area contributed by atoms with Crippen molar-refractivity contribution in [3.63, 3.8) is 0 Å². The number of β-amino-alcohol motifs (C(OH)–C–C–N with tert-alkyl or cyclic N) is 1. The first kappa shape index (κ1) is 18.6. The summed E-state index contributed by atoms with van der Waals surface area (Å²) in [5.74, 6) is -0.631. The third kappa shape index (κ3) is 4.02. The summed E-state index contributed by atoms with van der Waals surface area (Å²) in [6.45, 7) is 6.99.